The monoisotopic (exact) mass is 277 g/mol. The van der Waals surface area contributed by atoms with Gasteiger partial charge in [0.15, 0.2) is 0 Å². The van der Waals surface area contributed by atoms with Gasteiger partial charge >= 0.3 is 0 Å². The van der Waals surface area contributed by atoms with Gasteiger partial charge in [-0.25, -0.2) is 0 Å². The van der Waals surface area contributed by atoms with E-state index in [0.29, 0.717) is 0 Å². The molecule has 1 aliphatic rings. The summed E-state index contributed by atoms with van der Waals surface area (Å²) in [4.78, 5) is 0. The fourth-order valence-corrected chi connectivity index (χ4v) is 4.37. The second-order valence-corrected chi connectivity index (χ2v) is 7.06. The maximum absolute atomic E-state index is 3.70. The van der Waals surface area contributed by atoms with Gasteiger partial charge in [0.2, 0.25) is 0 Å². The smallest absolute Gasteiger partial charge is 0.0187 e. The normalized spacial score (nSPS) is 26.8. The average molecular weight is 277 g/mol. The number of aryl methyl sites for hydroxylation is 1. The summed E-state index contributed by atoms with van der Waals surface area (Å²) in [7, 11) is 0. The molecule has 0 bridgehead atoms. The van der Waals surface area contributed by atoms with Gasteiger partial charge in [0.1, 0.15) is 0 Å². The zero-order chi connectivity index (χ0) is 13.7. The van der Waals surface area contributed by atoms with Crippen LogP contribution in [-0.2, 0) is 5.75 Å². The summed E-state index contributed by atoms with van der Waals surface area (Å²) in [5, 5.41) is 4.53. The Hall–Kier alpha value is -0.470. The minimum Gasteiger partial charge on any atom is -0.314 e. The number of hydrogen-bond donors (Lipinski definition) is 1. The molecule has 1 fully saturated rings. The van der Waals surface area contributed by atoms with Gasteiger partial charge in [0, 0.05) is 17.0 Å². The second-order valence-electron chi connectivity index (χ2n) is 5.84. The van der Waals surface area contributed by atoms with Gasteiger partial charge in [-0.3, -0.25) is 0 Å². The standard InChI is InChI=1S/C17H27NS/c1-4-10-18-16-8-9-17(14(16)3)19-12-15-7-5-6-13(2)11-15/h5-7,11,14,16-18H,4,8-10,12H2,1-3H3. The van der Waals surface area contributed by atoms with Crippen molar-refractivity contribution in [3.63, 3.8) is 0 Å². The summed E-state index contributed by atoms with van der Waals surface area (Å²) in [6.07, 6.45) is 3.97. The van der Waals surface area contributed by atoms with Crippen molar-refractivity contribution in [3.05, 3.63) is 35.4 Å². The van der Waals surface area contributed by atoms with Crippen LogP contribution in [0, 0.1) is 12.8 Å². The molecule has 19 heavy (non-hydrogen) atoms. The lowest BCUT2D eigenvalue weighted by Crippen LogP contribution is -2.33. The van der Waals surface area contributed by atoms with Crippen LogP contribution in [0.4, 0.5) is 0 Å². The highest BCUT2D eigenvalue weighted by Crippen LogP contribution is 2.36. The first-order valence-corrected chi connectivity index (χ1v) is 8.66. The first kappa shape index (κ1) is 14.9. The van der Waals surface area contributed by atoms with Crippen molar-refractivity contribution < 1.29 is 0 Å². The Morgan fingerprint density at radius 1 is 1.32 bits per heavy atom. The Balaban J connectivity index is 1.80. The molecule has 3 unspecified atom stereocenters. The summed E-state index contributed by atoms with van der Waals surface area (Å²) in [5.41, 5.74) is 2.85. The number of hydrogen-bond acceptors (Lipinski definition) is 2. The molecule has 0 spiro atoms. The molecule has 1 aromatic rings. The summed E-state index contributed by atoms with van der Waals surface area (Å²) in [6.45, 7) is 8.02. The minimum atomic E-state index is 0.745. The predicted molar refractivity (Wildman–Crippen MR) is 86.7 cm³/mol. The highest BCUT2D eigenvalue weighted by Gasteiger charge is 2.32. The van der Waals surface area contributed by atoms with Crippen LogP contribution < -0.4 is 5.32 Å². The van der Waals surface area contributed by atoms with Gasteiger partial charge < -0.3 is 5.32 Å². The summed E-state index contributed by atoms with van der Waals surface area (Å²) in [6, 6.07) is 9.67. The summed E-state index contributed by atoms with van der Waals surface area (Å²) in [5.74, 6) is 1.97. The first-order valence-electron chi connectivity index (χ1n) is 7.61. The molecule has 0 aromatic heterocycles. The Bertz CT molecular complexity index is 391. The van der Waals surface area contributed by atoms with E-state index in [2.05, 4.69) is 62.1 Å². The molecule has 1 nitrogen and oxygen atoms in total. The lowest BCUT2D eigenvalue weighted by Gasteiger charge is -2.21. The van der Waals surface area contributed by atoms with Crippen molar-refractivity contribution in [2.75, 3.05) is 6.54 Å². The topological polar surface area (TPSA) is 12.0 Å². The van der Waals surface area contributed by atoms with E-state index in [4.69, 9.17) is 0 Å². The molecule has 0 radical (unpaired) electrons. The molecule has 2 heteroatoms. The van der Waals surface area contributed by atoms with Gasteiger partial charge in [0.05, 0.1) is 0 Å². The Labute approximate surface area is 122 Å². The largest absolute Gasteiger partial charge is 0.314 e. The maximum atomic E-state index is 3.70. The van der Waals surface area contributed by atoms with Crippen molar-refractivity contribution in [1.82, 2.24) is 5.32 Å². The van der Waals surface area contributed by atoms with E-state index in [1.54, 1.807) is 0 Å². The Morgan fingerprint density at radius 2 is 2.16 bits per heavy atom. The van der Waals surface area contributed by atoms with Gasteiger partial charge in [-0.2, -0.15) is 11.8 Å². The molecule has 0 heterocycles. The van der Waals surface area contributed by atoms with Gasteiger partial charge in [-0.05, 0) is 44.2 Å². The molecule has 0 saturated heterocycles. The van der Waals surface area contributed by atoms with Crippen LogP contribution in [0.1, 0.15) is 44.2 Å². The van der Waals surface area contributed by atoms with Gasteiger partial charge in [-0.15, -0.1) is 0 Å². The molecule has 1 aromatic carbocycles. The van der Waals surface area contributed by atoms with Crippen LogP contribution in [-0.4, -0.2) is 17.8 Å². The molecule has 0 aliphatic heterocycles. The maximum Gasteiger partial charge on any atom is 0.0187 e. The minimum absolute atomic E-state index is 0.745. The molecule has 3 atom stereocenters. The molecular weight excluding hydrogens is 250 g/mol. The fraction of sp³-hybridized carbons (Fsp3) is 0.647. The predicted octanol–water partition coefficient (Wildman–Crippen LogP) is 4.39. The molecule has 106 valence electrons. The van der Waals surface area contributed by atoms with Crippen LogP contribution >= 0.6 is 11.8 Å². The van der Waals surface area contributed by atoms with Crippen LogP contribution in [0.3, 0.4) is 0 Å². The van der Waals surface area contributed by atoms with E-state index in [9.17, 15) is 0 Å². The second kappa shape index (κ2) is 7.35. The molecule has 0 amide bonds. The highest BCUT2D eigenvalue weighted by molar-refractivity contribution is 7.99. The van der Waals surface area contributed by atoms with E-state index in [1.807, 2.05) is 0 Å². The van der Waals surface area contributed by atoms with Gasteiger partial charge in [-0.1, -0.05) is 43.7 Å². The molecule has 1 aliphatic carbocycles. The molecule has 1 saturated carbocycles. The summed E-state index contributed by atoms with van der Waals surface area (Å²) >= 11 is 2.15. The quantitative estimate of drug-likeness (QED) is 0.827. The van der Waals surface area contributed by atoms with Crippen molar-refractivity contribution in [2.24, 2.45) is 5.92 Å². The van der Waals surface area contributed by atoms with Crippen molar-refractivity contribution in [3.8, 4) is 0 Å². The lowest BCUT2D eigenvalue weighted by molar-refractivity contribution is 0.432. The molecule has 1 N–H and O–H groups in total. The van der Waals surface area contributed by atoms with Crippen molar-refractivity contribution >= 4 is 11.8 Å². The van der Waals surface area contributed by atoms with Crippen LogP contribution in [0.5, 0.6) is 0 Å². The van der Waals surface area contributed by atoms with E-state index in [-0.39, 0.29) is 0 Å². The number of thioether (sulfide) groups is 1. The number of rotatable bonds is 6. The van der Waals surface area contributed by atoms with Crippen LogP contribution in [0.25, 0.3) is 0 Å². The van der Waals surface area contributed by atoms with Gasteiger partial charge in [0.25, 0.3) is 0 Å². The highest BCUT2D eigenvalue weighted by atomic mass is 32.2. The van der Waals surface area contributed by atoms with E-state index < -0.39 is 0 Å². The van der Waals surface area contributed by atoms with Crippen molar-refractivity contribution in [2.45, 2.75) is 57.1 Å². The summed E-state index contributed by atoms with van der Waals surface area (Å²) < 4.78 is 0. The van der Waals surface area contributed by atoms with Crippen molar-refractivity contribution in [1.29, 1.82) is 0 Å². The number of nitrogens with one attached hydrogen (secondary N) is 1. The third kappa shape index (κ3) is 4.25. The third-order valence-electron chi connectivity index (χ3n) is 4.19. The van der Waals surface area contributed by atoms with Crippen LogP contribution in [0.15, 0.2) is 24.3 Å². The zero-order valence-corrected chi connectivity index (χ0v) is 13.3. The molecular formula is C17H27NS. The molecule has 2 rings (SSSR count). The average Bonchev–Trinajstić information content (AvgIpc) is 2.75. The fourth-order valence-electron chi connectivity index (χ4n) is 2.99. The first-order chi connectivity index (χ1) is 9.20. The Morgan fingerprint density at radius 3 is 2.89 bits per heavy atom. The van der Waals surface area contributed by atoms with Crippen LogP contribution in [0.2, 0.25) is 0 Å². The SMILES string of the molecule is CCCNC1CCC(SCc2cccc(C)c2)C1C. The lowest BCUT2D eigenvalue weighted by atomic mass is 10.1. The zero-order valence-electron chi connectivity index (χ0n) is 12.5. The van der Waals surface area contributed by atoms with E-state index in [1.165, 1.54) is 36.9 Å². The van der Waals surface area contributed by atoms with E-state index in [0.717, 1.165) is 23.0 Å². The van der Waals surface area contributed by atoms with E-state index >= 15 is 0 Å². The third-order valence-corrected chi connectivity index (χ3v) is 5.78. The number of benzene rings is 1. The Kier molecular flexibility index (Phi) is 5.77.